The third kappa shape index (κ3) is 5.71. The van der Waals surface area contributed by atoms with Crippen molar-refractivity contribution in [2.75, 3.05) is 12.4 Å². The predicted octanol–water partition coefficient (Wildman–Crippen LogP) is 4.68. The van der Waals surface area contributed by atoms with Crippen molar-refractivity contribution < 1.29 is 28.3 Å². The lowest BCUT2D eigenvalue weighted by atomic mass is 10.1. The number of carbonyl (C=O) groups is 2. The Morgan fingerprint density at radius 1 is 1.06 bits per heavy atom. The minimum atomic E-state index is -0.986. The van der Waals surface area contributed by atoms with Gasteiger partial charge >= 0.3 is 5.97 Å². The lowest BCUT2D eigenvalue weighted by molar-refractivity contribution is -0.123. The van der Waals surface area contributed by atoms with E-state index >= 15 is 0 Å². The van der Waals surface area contributed by atoms with Crippen molar-refractivity contribution in [2.24, 2.45) is 0 Å². The molecule has 1 amide bonds. The molecule has 174 valence electrons. The summed E-state index contributed by atoms with van der Waals surface area (Å²) < 4.78 is 21.7. The van der Waals surface area contributed by atoms with Crippen LogP contribution in [0.2, 0.25) is 0 Å². The summed E-state index contributed by atoms with van der Waals surface area (Å²) in [4.78, 5) is 25.1. The van der Waals surface area contributed by atoms with Crippen molar-refractivity contribution in [3.05, 3.63) is 70.1 Å². The van der Waals surface area contributed by atoms with Crippen LogP contribution in [0.5, 0.6) is 11.5 Å². The maximum Gasteiger partial charge on any atom is 0.339 e. The number of amides is 1. The van der Waals surface area contributed by atoms with Gasteiger partial charge in [-0.15, -0.1) is 0 Å². The average molecular weight is 453 g/mol. The minimum absolute atomic E-state index is 0.239. The summed E-state index contributed by atoms with van der Waals surface area (Å²) in [5.41, 5.74) is 4.54. The lowest BCUT2D eigenvalue weighted by Crippen LogP contribution is -2.30. The fourth-order valence-corrected chi connectivity index (χ4v) is 3.24. The Kier molecular flexibility index (Phi) is 7.37. The fraction of sp³-hybridized carbons (Fsp3) is 0.320. The van der Waals surface area contributed by atoms with Crippen LogP contribution in [0.3, 0.4) is 0 Å². The first-order chi connectivity index (χ1) is 15.7. The van der Waals surface area contributed by atoms with Crippen molar-refractivity contribution in [3.8, 4) is 11.5 Å². The Morgan fingerprint density at radius 3 is 2.45 bits per heavy atom. The largest absolute Gasteiger partial charge is 0.493 e. The van der Waals surface area contributed by atoms with Gasteiger partial charge < -0.3 is 24.1 Å². The summed E-state index contributed by atoms with van der Waals surface area (Å²) >= 11 is 0. The van der Waals surface area contributed by atoms with Crippen LogP contribution in [0.15, 0.2) is 40.9 Å². The quantitative estimate of drug-likeness (QED) is 0.495. The second-order valence-corrected chi connectivity index (χ2v) is 7.81. The third-order valence-corrected chi connectivity index (χ3v) is 5.25. The van der Waals surface area contributed by atoms with Gasteiger partial charge in [-0.05, 0) is 64.4 Å². The molecule has 0 aliphatic heterocycles. The maximum absolute atomic E-state index is 12.6. The van der Waals surface area contributed by atoms with Crippen LogP contribution in [-0.2, 0) is 16.1 Å². The standard InChI is InChI=1S/C25H28N2O6/c1-14-7-9-21(15(2)11-14)26-24(28)18(5)32-25(29)19-8-10-22(23(12-19)30-6)31-13-20-16(3)27-33-17(20)4/h7-12,18H,13H2,1-6H3,(H,26,28). The smallest absolute Gasteiger partial charge is 0.339 e. The van der Waals surface area contributed by atoms with Gasteiger partial charge in [-0.1, -0.05) is 22.9 Å². The predicted molar refractivity (Wildman–Crippen MR) is 123 cm³/mol. The van der Waals surface area contributed by atoms with Crippen LogP contribution in [-0.4, -0.2) is 30.2 Å². The summed E-state index contributed by atoms with van der Waals surface area (Å²) in [6.07, 6.45) is -0.986. The van der Waals surface area contributed by atoms with Gasteiger partial charge in [0.15, 0.2) is 17.6 Å². The van der Waals surface area contributed by atoms with Gasteiger partial charge in [0.1, 0.15) is 12.4 Å². The number of aryl methyl sites for hydroxylation is 4. The molecular weight excluding hydrogens is 424 g/mol. The minimum Gasteiger partial charge on any atom is -0.493 e. The Hall–Kier alpha value is -3.81. The average Bonchev–Trinajstić information content (AvgIpc) is 3.11. The zero-order valence-electron chi connectivity index (χ0n) is 19.6. The molecule has 1 unspecified atom stereocenters. The van der Waals surface area contributed by atoms with Crippen molar-refractivity contribution in [1.29, 1.82) is 0 Å². The Bertz CT molecular complexity index is 1150. The second-order valence-electron chi connectivity index (χ2n) is 7.81. The summed E-state index contributed by atoms with van der Waals surface area (Å²) in [5.74, 6) is 0.438. The SMILES string of the molecule is COc1cc(C(=O)OC(C)C(=O)Nc2ccc(C)cc2C)ccc1OCc1c(C)noc1C. The van der Waals surface area contributed by atoms with E-state index in [2.05, 4.69) is 10.5 Å². The van der Waals surface area contributed by atoms with E-state index in [1.165, 1.54) is 20.1 Å². The van der Waals surface area contributed by atoms with Crippen LogP contribution in [0.25, 0.3) is 0 Å². The van der Waals surface area contributed by atoms with Gasteiger partial charge in [0, 0.05) is 5.69 Å². The molecule has 0 aliphatic rings. The van der Waals surface area contributed by atoms with Gasteiger partial charge in [-0.3, -0.25) is 4.79 Å². The van der Waals surface area contributed by atoms with E-state index in [0.29, 0.717) is 22.9 Å². The Balaban J connectivity index is 1.64. The molecule has 0 bridgehead atoms. The molecule has 0 saturated carbocycles. The molecule has 8 nitrogen and oxygen atoms in total. The van der Waals surface area contributed by atoms with E-state index in [9.17, 15) is 9.59 Å². The van der Waals surface area contributed by atoms with Gasteiger partial charge in [0.2, 0.25) is 0 Å². The van der Waals surface area contributed by atoms with Crippen LogP contribution in [0.4, 0.5) is 5.69 Å². The van der Waals surface area contributed by atoms with Crippen molar-refractivity contribution in [3.63, 3.8) is 0 Å². The molecule has 0 aliphatic carbocycles. The third-order valence-electron chi connectivity index (χ3n) is 5.25. The van der Waals surface area contributed by atoms with Gasteiger partial charge in [0.25, 0.3) is 5.91 Å². The van der Waals surface area contributed by atoms with Crippen LogP contribution >= 0.6 is 0 Å². The number of methoxy groups -OCH3 is 1. The number of benzene rings is 2. The lowest BCUT2D eigenvalue weighted by Gasteiger charge is -2.16. The van der Waals surface area contributed by atoms with E-state index in [4.69, 9.17) is 18.7 Å². The molecule has 8 heteroatoms. The summed E-state index contributed by atoms with van der Waals surface area (Å²) in [6, 6.07) is 10.4. The summed E-state index contributed by atoms with van der Waals surface area (Å²) in [5, 5.41) is 6.70. The molecule has 3 rings (SSSR count). The first-order valence-corrected chi connectivity index (χ1v) is 10.5. The molecule has 33 heavy (non-hydrogen) atoms. The van der Waals surface area contributed by atoms with E-state index in [-0.39, 0.29) is 12.2 Å². The molecule has 1 heterocycles. The van der Waals surface area contributed by atoms with Crippen molar-refractivity contribution in [2.45, 2.75) is 47.3 Å². The maximum atomic E-state index is 12.6. The van der Waals surface area contributed by atoms with E-state index in [0.717, 1.165) is 22.4 Å². The number of nitrogens with zero attached hydrogens (tertiary/aromatic N) is 1. The number of esters is 1. The first kappa shape index (κ1) is 23.8. The molecule has 1 atom stereocenters. The number of hydrogen-bond acceptors (Lipinski definition) is 7. The number of ether oxygens (including phenoxy) is 3. The zero-order chi connectivity index (χ0) is 24.1. The van der Waals surface area contributed by atoms with Crippen LogP contribution in [0.1, 0.15) is 45.4 Å². The highest BCUT2D eigenvalue weighted by molar-refractivity contribution is 5.98. The van der Waals surface area contributed by atoms with Crippen LogP contribution < -0.4 is 14.8 Å². The second kappa shape index (κ2) is 10.2. The highest BCUT2D eigenvalue weighted by atomic mass is 16.5. The normalized spacial score (nSPS) is 11.6. The van der Waals surface area contributed by atoms with Crippen LogP contribution in [0, 0.1) is 27.7 Å². The number of aromatic nitrogens is 1. The molecule has 0 fully saturated rings. The molecule has 1 N–H and O–H groups in total. The monoisotopic (exact) mass is 452 g/mol. The number of nitrogens with one attached hydrogen (secondary N) is 1. The fourth-order valence-electron chi connectivity index (χ4n) is 3.24. The Labute approximate surface area is 192 Å². The topological polar surface area (TPSA) is 99.9 Å². The van der Waals surface area contributed by atoms with Crippen molar-refractivity contribution >= 4 is 17.6 Å². The zero-order valence-corrected chi connectivity index (χ0v) is 19.6. The highest BCUT2D eigenvalue weighted by Gasteiger charge is 2.21. The number of rotatable bonds is 8. The highest BCUT2D eigenvalue weighted by Crippen LogP contribution is 2.30. The van der Waals surface area contributed by atoms with E-state index in [1.54, 1.807) is 12.1 Å². The van der Waals surface area contributed by atoms with E-state index < -0.39 is 18.0 Å². The number of anilines is 1. The molecule has 3 aromatic rings. The number of carbonyl (C=O) groups excluding carboxylic acids is 2. The molecule has 2 aromatic carbocycles. The van der Waals surface area contributed by atoms with Gasteiger partial charge in [0.05, 0.1) is 23.9 Å². The van der Waals surface area contributed by atoms with E-state index in [1.807, 2.05) is 45.9 Å². The molecule has 0 radical (unpaired) electrons. The molecule has 0 spiro atoms. The Morgan fingerprint density at radius 2 is 1.82 bits per heavy atom. The molecule has 1 aromatic heterocycles. The summed E-state index contributed by atoms with van der Waals surface area (Å²) in [7, 11) is 1.48. The van der Waals surface area contributed by atoms with Gasteiger partial charge in [-0.25, -0.2) is 4.79 Å². The molecular formula is C25H28N2O6. The first-order valence-electron chi connectivity index (χ1n) is 10.5. The molecule has 0 saturated heterocycles. The van der Waals surface area contributed by atoms with Gasteiger partial charge in [-0.2, -0.15) is 0 Å². The van der Waals surface area contributed by atoms with Crippen molar-refractivity contribution in [1.82, 2.24) is 5.16 Å². The summed E-state index contributed by atoms with van der Waals surface area (Å²) in [6.45, 7) is 9.30. The number of hydrogen-bond donors (Lipinski definition) is 1.